The van der Waals surface area contributed by atoms with Crippen molar-refractivity contribution < 1.29 is 9.90 Å². The molecule has 1 N–H and O–H groups in total. The van der Waals surface area contributed by atoms with Crippen molar-refractivity contribution in [1.29, 1.82) is 0 Å². The highest BCUT2D eigenvalue weighted by Gasteiger charge is 2.24. The fourth-order valence-electron chi connectivity index (χ4n) is 2.25. The third-order valence-electron chi connectivity index (χ3n) is 3.32. The van der Waals surface area contributed by atoms with Crippen molar-refractivity contribution in [2.75, 3.05) is 0 Å². The molecule has 0 amide bonds. The van der Waals surface area contributed by atoms with E-state index < -0.39 is 11.4 Å². The lowest BCUT2D eigenvalue weighted by Crippen LogP contribution is -2.21. The molecule has 2 aromatic rings. The van der Waals surface area contributed by atoms with Gasteiger partial charge in [-0.15, -0.1) is 0 Å². The summed E-state index contributed by atoms with van der Waals surface area (Å²) >= 11 is 6.17. The summed E-state index contributed by atoms with van der Waals surface area (Å²) in [4.78, 5) is 10.9. The second-order valence-electron chi connectivity index (χ2n) is 5.27. The number of hydrogen-bond donors (Lipinski definition) is 1. The summed E-state index contributed by atoms with van der Waals surface area (Å²) in [6, 6.07) is 5.95. The Labute approximate surface area is 111 Å². The molecule has 1 heterocycles. The lowest BCUT2D eigenvalue weighted by Gasteiger charge is -2.23. The van der Waals surface area contributed by atoms with Gasteiger partial charge in [0.1, 0.15) is 0 Å². The van der Waals surface area contributed by atoms with E-state index in [0.717, 1.165) is 16.5 Å². The van der Waals surface area contributed by atoms with Crippen molar-refractivity contribution >= 4 is 28.5 Å². The number of aryl methyl sites for hydroxylation is 1. The van der Waals surface area contributed by atoms with Crippen molar-refractivity contribution in [3.05, 3.63) is 35.0 Å². The van der Waals surface area contributed by atoms with Gasteiger partial charge in [0.2, 0.25) is 0 Å². The lowest BCUT2D eigenvalue weighted by molar-refractivity contribution is -0.138. The maximum Gasteiger partial charge on any atom is 0.304 e. The molecular formula is C14H16ClNO2. The SMILES string of the molecule is Cn1cc(Cl)c2cc(C(C)(C)CC(=O)O)ccc21. The van der Waals surface area contributed by atoms with Gasteiger partial charge in [0.15, 0.2) is 0 Å². The van der Waals surface area contributed by atoms with Crippen molar-refractivity contribution in [2.24, 2.45) is 7.05 Å². The number of carbonyl (C=O) groups is 1. The summed E-state index contributed by atoms with van der Waals surface area (Å²) in [5, 5.41) is 10.6. The molecule has 0 aliphatic rings. The largest absolute Gasteiger partial charge is 0.481 e. The molecule has 4 heteroatoms. The highest BCUT2D eigenvalue weighted by Crippen LogP contribution is 2.32. The zero-order valence-electron chi connectivity index (χ0n) is 10.7. The van der Waals surface area contributed by atoms with E-state index in [0.29, 0.717) is 5.02 Å². The third kappa shape index (κ3) is 2.23. The molecule has 0 unspecified atom stereocenters. The van der Waals surface area contributed by atoms with Gasteiger partial charge in [0.05, 0.1) is 11.4 Å². The Morgan fingerprint density at radius 2 is 2.11 bits per heavy atom. The third-order valence-corrected chi connectivity index (χ3v) is 3.62. The number of benzene rings is 1. The molecule has 96 valence electrons. The Kier molecular flexibility index (Phi) is 3.11. The van der Waals surface area contributed by atoms with Crippen molar-refractivity contribution in [3.8, 4) is 0 Å². The highest BCUT2D eigenvalue weighted by atomic mass is 35.5. The van der Waals surface area contributed by atoms with Crippen LogP contribution >= 0.6 is 11.6 Å². The smallest absolute Gasteiger partial charge is 0.304 e. The predicted octanol–water partition coefficient (Wildman–Crippen LogP) is 3.58. The maximum absolute atomic E-state index is 10.9. The molecule has 0 radical (unpaired) electrons. The fraction of sp³-hybridized carbons (Fsp3) is 0.357. The molecule has 18 heavy (non-hydrogen) atoms. The summed E-state index contributed by atoms with van der Waals surface area (Å²) in [5.74, 6) is -0.792. The minimum Gasteiger partial charge on any atom is -0.481 e. The molecule has 0 fully saturated rings. The van der Waals surface area contributed by atoms with E-state index in [4.69, 9.17) is 16.7 Å². The summed E-state index contributed by atoms with van der Waals surface area (Å²) in [7, 11) is 1.94. The molecule has 2 rings (SSSR count). The minimum absolute atomic E-state index is 0.100. The van der Waals surface area contributed by atoms with Crippen LogP contribution < -0.4 is 0 Å². The average molecular weight is 266 g/mol. The molecule has 0 aliphatic carbocycles. The molecule has 0 bridgehead atoms. The van der Waals surface area contributed by atoms with E-state index in [1.54, 1.807) is 0 Å². The average Bonchev–Trinajstić information content (AvgIpc) is 2.53. The van der Waals surface area contributed by atoms with Gasteiger partial charge in [-0.2, -0.15) is 0 Å². The normalized spacial score (nSPS) is 12.0. The molecule has 0 saturated heterocycles. The number of hydrogen-bond acceptors (Lipinski definition) is 1. The van der Waals surface area contributed by atoms with Gasteiger partial charge in [-0.3, -0.25) is 4.79 Å². The first-order valence-electron chi connectivity index (χ1n) is 5.78. The molecule has 1 aromatic carbocycles. The molecule has 3 nitrogen and oxygen atoms in total. The van der Waals surface area contributed by atoms with Gasteiger partial charge in [0, 0.05) is 29.6 Å². The van der Waals surface area contributed by atoms with Crippen LogP contribution in [0.2, 0.25) is 5.02 Å². The Hall–Kier alpha value is -1.48. The molecular weight excluding hydrogens is 250 g/mol. The van der Waals surface area contributed by atoms with Crippen LogP contribution in [0.1, 0.15) is 25.8 Å². The van der Waals surface area contributed by atoms with Gasteiger partial charge >= 0.3 is 5.97 Å². The molecule has 1 aromatic heterocycles. The van der Waals surface area contributed by atoms with Crippen LogP contribution in [0.15, 0.2) is 24.4 Å². The van der Waals surface area contributed by atoms with Gasteiger partial charge < -0.3 is 9.67 Å². The first-order chi connectivity index (χ1) is 8.31. The lowest BCUT2D eigenvalue weighted by atomic mass is 9.81. The molecule has 0 atom stereocenters. The molecule has 0 aliphatic heterocycles. The maximum atomic E-state index is 10.9. The highest BCUT2D eigenvalue weighted by molar-refractivity contribution is 6.35. The summed E-state index contributed by atoms with van der Waals surface area (Å²) in [5.41, 5.74) is 1.64. The van der Waals surface area contributed by atoms with E-state index in [1.807, 2.05) is 49.9 Å². The van der Waals surface area contributed by atoms with E-state index in [9.17, 15) is 4.79 Å². The second-order valence-corrected chi connectivity index (χ2v) is 5.68. The molecule has 0 spiro atoms. The number of rotatable bonds is 3. The van der Waals surface area contributed by atoms with Crippen LogP contribution in [0.3, 0.4) is 0 Å². The summed E-state index contributed by atoms with van der Waals surface area (Å²) < 4.78 is 1.96. The fourth-order valence-corrected chi connectivity index (χ4v) is 2.54. The first-order valence-corrected chi connectivity index (χ1v) is 6.16. The Morgan fingerprint density at radius 3 is 2.72 bits per heavy atom. The number of carboxylic acid groups (broad SMARTS) is 1. The minimum atomic E-state index is -0.792. The van der Waals surface area contributed by atoms with Crippen LogP contribution in [-0.4, -0.2) is 15.6 Å². The second kappa shape index (κ2) is 4.32. The van der Waals surface area contributed by atoms with E-state index in [-0.39, 0.29) is 6.42 Å². The topological polar surface area (TPSA) is 42.2 Å². The van der Waals surface area contributed by atoms with Gasteiger partial charge in [0.25, 0.3) is 0 Å². The van der Waals surface area contributed by atoms with Crippen LogP contribution in [-0.2, 0) is 17.3 Å². The van der Waals surface area contributed by atoms with Gasteiger partial charge in [-0.25, -0.2) is 0 Å². The monoisotopic (exact) mass is 265 g/mol. The Bertz CT molecular complexity index is 614. The van der Waals surface area contributed by atoms with Crippen LogP contribution in [0.25, 0.3) is 10.9 Å². The van der Waals surface area contributed by atoms with Gasteiger partial charge in [-0.05, 0) is 17.7 Å². The number of carboxylic acids is 1. The zero-order valence-corrected chi connectivity index (χ0v) is 11.5. The number of nitrogens with zero attached hydrogens (tertiary/aromatic N) is 1. The predicted molar refractivity (Wildman–Crippen MR) is 73.2 cm³/mol. The summed E-state index contributed by atoms with van der Waals surface area (Å²) in [6.07, 6.45) is 1.96. The zero-order chi connectivity index (χ0) is 13.5. The quantitative estimate of drug-likeness (QED) is 0.922. The van der Waals surface area contributed by atoms with Crippen LogP contribution in [0, 0.1) is 0 Å². The number of halogens is 1. The number of aromatic nitrogens is 1. The van der Waals surface area contributed by atoms with E-state index >= 15 is 0 Å². The number of fused-ring (bicyclic) bond motifs is 1. The van der Waals surface area contributed by atoms with Crippen LogP contribution in [0.4, 0.5) is 0 Å². The van der Waals surface area contributed by atoms with E-state index in [1.165, 1.54) is 0 Å². The van der Waals surface area contributed by atoms with Crippen molar-refractivity contribution in [3.63, 3.8) is 0 Å². The van der Waals surface area contributed by atoms with Crippen molar-refractivity contribution in [2.45, 2.75) is 25.7 Å². The Balaban J connectivity index is 2.53. The standard InChI is InChI=1S/C14H16ClNO2/c1-14(2,7-13(17)18)9-4-5-12-10(6-9)11(15)8-16(12)3/h4-6,8H,7H2,1-3H3,(H,17,18). The Morgan fingerprint density at radius 1 is 1.44 bits per heavy atom. The van der Waals surface area contributed by atoms with Crippen LogP contribution in [0.5, 0.6) is 0 Å². The van der Waals surface area contributed by atoms with Crippen molar-refractivity contribution in [1.82, 2.24) is 4.57 Å². The number of aliphatic carboxylic acids is 1. The summed E-state index contributed by atoms with van der Waals surface area (Å²) in [6.45, 7) is 3.86. The van der Waals surface area contributed by atoms with Gasteiger partial charge in [-0.1, -0.05) is 31.5 Å². The van der Waals surface area contributed by atoms with E-state index in [2.05, 4.69) is 0 Å². The first kappa shape index (κ1) is 13.0. The molecule has 0 saturated carbocycles.